The molecule has 1 fully saturated rings. The first kappa shape index (κ1) is 15.5. The van der Waals surface area contributed by atoms with Gasteiger partial charge in [0.25, 0.3) is 0 Å². The van der Waals surface area contributed by atoms with Crippen molar-refractivity contribution >= 4 is 23.1 Å². The first-order valence-electron chi connectivity index (χ1n) is 8.07. The summed E-state index contributed by atoms with van der Waals surface area (Å²) >= 11 is 0. The van der Waals surface area contributed by atoms with Gasteiger partial charge in [-0.3, -0.25) is 4.79 Å². The van der Waals surface area contributed by atoms with Crippen LogP contribution in [0.2, 0.25) is 0 Å². The fourth-order valence-corrected chi connectivity index (χ4v) is 2.52. The molecule has 4 heteroatoms. The van der Waals surface area contributed by atoms with Crippen LogP contribution in [0, 0.1) is 5.92 Å². The van der Waals surface area contributed by atoms with E-state index in [1.165, 1.54) is 5.56 Å². The first-order chi connectivity index (χ1) is 10.9. The lowest BCUT2D eigenvalue weighted by Crippen LogP contribution is -2.14. The Bertz CT molecular complexity index is 697. The van der Waals surface area contributed by atoms with E-state index in [4.69, 9.17) is 0 Å². The molecule has 1 aromatic carbocycles. The highest BCUT2D eigenvalue weighted by atomic mass is 16.2. The molecule has 4 nitrogen and oxygen atoms in total. The summed E-state index contributed by atoms with van der Waals surface area (Å²) in [7, 11) is 0. The summed E-state index contributed by atoms with van der Waals surface area (Å²) in [6.45, 7) is 6.59. The van der Waals surface area contributed by atoms with Crippen LogP contribution in [-0.2, 0) is 10.2 Å². The highest BCUT2D eigenvalue weighted by Crippen LogP contribution is 2.32. The largest absolute Gasteiger partial charge is 0.354 e. The minimum atomic E-state index is 0.0647. The summed E-state index contributed by atoms with van der Waals surface area (Å²) in [6.07, 6.45) is 3.74. The van der Waals surface area contributed by atoms with Crippen molar-refractivity contribution in [3.8, 4) is 0 Å². The fourth-order valence-electron chi connectivity index (χ4n) is 2.52. The smallest absolute Gasteiger partial charge is 0.228 e. The van der Waals surface area contributed by atoms with Crippen LogP contribution in [0.25, 0.3) is 0 Å². The SMILES string of the molecule is CC(C)(C)c1ccccc1Nc1ccc(NC(=O)C2CC2)nc1. The van der Waals surface area contributed by atoms with Crippen LogP contribution in [-0.4, -0.2) is 10.9 Å². The number of hydrogen-bond acceptors (Lipinski definition) is 3. The predicted octanol–water partition coefficient (Wildman–Crippen LogP) is 4.47. The van der Waals surface area contributed by atoms with Crippen LogP contribution in [0.1, 0.15) is 39.2 Å². The molecule has 1 aliphatic carbocycles. The second-order valence-corrected chi connectivity index (χ2v) is 7.12. The third-order valence-corrected chi connectivity index (χ3v) is 3.98. The summed E-state index contributed by atoms with van der Waals surface area (Å²) in [4.78, 5) is 16.1. The molecule has 0 saturated heterocycles. The number of pyridine rings is 1. The number of anilines is 3. The summed E-state index contributed by atoms with van der Waals surface area (Å²) < 4.78 is 0. The minimum Gasteiger partial charge on any atom is -0.354 e. The van der Waals surface area contributed by atoms with Gasteiger partial charge >= 0.3 is 0 Å². The van der Waals surface area contributed by atoms with Gasteiger partial charge in [-0.05, 0) is 42.0 Å². The number of carbonyl (C=O) groups excluding carboxylic acids is 1. The number of hydrogen-bond donors (Lipinski definition) is 2. The van der Waals surface area contributed by atoms with Gasteiger partial charge in [0.2, 0.25) is 5.91 Å². The molecule has 120 valence electrons. The van der Waals surface area contributed by atoms with Crippen molar-refractivity contribution in [3.05, 3.63) is 48.2 Å². The molecular weight excluding hydrogens is 286 g/mol. The van der Waals surface area contributed by atoms with E-state index in [0.717, 1.165) is 24.2 Å². The van der Waals surface area contributed by atoms with Gasteiger partial charge in [-0.15, -0.1) is 0 Å². The molecule has 0 aliphatic heterocycles. The number of aromatic nitrogens is 1. The molecule has 2 N–H and O–H groups in total. The van der Waals surface area contributed by atoms with Crippen molar-refractivity contribution in [1.29, 1.82) is 0 Å². The molecular formula is C19H23N3O. The van der Waals surface area contributed by atoms with Crippen molar-refractivity contribution in [3.63, 3.8) is 0 Å². The second kappa shape index (κ2) is 6.03. The van der Waals surface area contributed by atoms with E-state index in [0.29, 0.717) is 5.82 Å². The maximum absolute atomic E-state index is 11.7. The second-order valence-electron chi connectivity index (χ2n) is 7.12. The van der Waals surface area contributed by atoms with Gasteiger partial charge in [0.1, 0.15) is 5.82 Å². The Morgan fingerprint density at radius 3 is 2.48 bits per heavy atom. The molecule has 1 aromatic heterocycles. The van der Waals surface area contributed by atoms with Crippen LogP contribution < -0.4 is 10.6 Å². The molecule has 0 bridgehead atoms. The minimum absolute atomic E-state index is 0.0647. The Labute approximate surface area is 137 Å². The molecule has 23 heavy (non-hydrogen) atoms. The highest BCUT2D eigenvalue weighted by molar-refractivity contribution is 5.93. The standard InChI is InChI=1S/C19H23N3O/c1-19(2,3)15-6-4-5-7-16(15)21-14-10-11-17(20-12-14)22-18(23)13-8-9-13/h4-7,10-13,21H,8-9H2,1-3H3,(H,20,22,23). The number of para-hydroxylation sites is 1. The van der Waals surface area contributed by atoms with Gasteiger partial charge < -0.3 is 10.6 Å². The van der Waals surface area contributed by atoms with Crippen molar-refractivity contribution < 1.29 is 4.79 Å². The van der Waals surface area contributed by atoms with Crippen molar-refractivity contribution in [2.24, 2.45) is 5.92 Å². The molecule has 0 unspecified atom stereocenters. The molecule has 1 heterocycles. The van der Waals surface area contributed by atoms with Gasteiger partial charge in [0.05, 0.1) is 11.9 Å². The molecule has 1 aliphatic rings. The monoisotopic (exact) mass is 309 g/mol. The van der Waals surface area contributed by atoms with Crippen molar-refractivity contribution in [2.75, 3.05) is 10.6 Å². The molecule has 0 spiro atoms. The zero-order chi connectivity index (χ0) is 16.4. The first-order valence-corrected chi connectivity index (χ1v) is 8.07. The average molecular weight is 309 g/mol. The average Bonchev–Trinajstić information content (AvgIpc) is 3.33. The van der Waals surface area contributed by atoms with Gasteiger partial charge in [-0.25, -0.2) is 4.98 Å². The van der Waals surface area contributed by atoms with Crippen LogP contribution in [0.15, 0.2) is 42.6 Å². The zero-order valence-corrected chi connectivity index (χ0v) is 13.9. The summed E-state index contributed by atoms with van der Waals surface area (Å²) in [5.41, 5.74) is 3.31. The number of benzene rings is 1. The number of nitrogens with zero attached hydrogens (tertiary/aromatic N) is 1. The van der Waals surface area contributed by atoms with Crippen LogP contribution in [0.5, 0.6) is 0 Å². The molecule has 0 atom stereocenters. The summed E-state index contributed by atoms with van der Waals surface area (Å²) in [5.74, 6) is 0.876. The lowest BCUT2D eigenvalue weighted by atomic mass is 9.86. The number of nitrogens with one attached hydrogen (secondary N) is 2. The maximum atomic E-state index is 11.7. The number of carbonyl (C=O) groups is 1. The van der Waals surface area contributed by atoms with Gasteiger partial charge in [-0.2, -0.15) is 0 Å². The Hall–Kier alpha value is -2.36. The van der Waals surface area contributed by atoms with E-state index in [1.54, 1.807) is 6.20 Å². The van der Waals surface area contributed by atoms with Crippen molar-refractivity contribution in [2.45, 2.75) is 39.0 Å². The molecule has 0 radical (unpaired) electrons. The summed E-state index contributed by atoms with van der Waals surface area (Å²) in [5, 5.41) is 6.27. The molecule has 2 aromatic rings. The van der Waals surface area contributed by atoms with E-state index in [9.17, 15) is 4.79 Å². The van der Waals surface area contributed by atoms with Crippen LogP contribution in [0.3, 0.4) is 0 Å². The van der Waals surface area contributed by atoms with E-state index in [1.807, 2.05) is 18.2 Å². The van der Waals surface area contributed by atoms with E-state index in [2.05, 4.69) is 54.6 Å². The van der Waals surface area contributed by atoms with E-state index >= 15 is 0 Å². The number of rotatable bonds is 4. The molecule has 1 saturated carbocycles. The zero-order valence-electron chi connectivity index (χ0n) is 13.9. The van der Waals surface area contributed by atoms with Crippen LogP contribution in [0.4, 0.5) is 17.2 Å². The fraction of sp³-hybridized carbons (Fsp3) is 0.368. The Morgan fingerprint density at radius 1 is 1.13 bits per heavy atom. The van der Waals surface area contributed by atoms with Gasteiger partial charge in [0.15, 0.2) is 0 Å². The van der Waals surface area contributed by atoms with E-state index in [-0.39, 0.29) is 17.2 Å². The Morgan fingerprint density at radius 2 is 1.87 bits per heavy atom. The summed E-state index contributed by atoms with van der Waals surface area (Å²) in [6, 6.07) is 12.1. The predicted molar refractivity (Wildman–Crippen MR) is 94.0 cm³/mol. The van der Waals surface area contributed by atoms with Crippen molar-refractivity contribution in [1.82, 2.24) is 4.98 Å². The third kappa shape index (κ3) is 3.89. The highest BCUT2D eigenvalue weighted by Gasteiger charge is 2.29. The Kier molecular flexibility index (Phi) is 4.07. The van der Waals surface area contributed by atoms with E-state index < -0.39 is 0 Å². The lowest BCUT2D eigenvalue weighted by molar-refractivity contribution is -0.117. The number of amides is 1. The van der Waals surface area contributed by atoms with Gasteiger partial charge in [-0.1, -0.05) is 39.0 Å². The quantitative estimate of drug-likeness (QED) is 0.876. The Balaban J connectivity index is 1.72. The van der Waals surface area contributed by atoms with Crippen LogP contribution >= 0.6 is 0 Å². The van der Waals surface area contributed by atoms with Gasteiger partial charge in [0, 0.05) is 11.6 Å². The molecule has 3 rings (SSSR count). The normalized spacial score (nSPS) is 14.4. The molecule has 1 amide bonds. The maximum Gasteiger partial charge on any atom is 0.228 e. The topological polar surface area (TPSA) is 54.0 Å². The lowest BCUT2D eigenvalue weighted by Gasteiger charge is -2.23. The third-order valence-electron chi connectivity index (χ3n) is 3.98.